The second kappa shape index (κ2) is 6.09. The first-order valence-electron chi connectivity index (χ1n) is 8.23. The van der Waals surface area contributed by atoms with Crippen LogP contribution >= 0.6 is 11.3 Å². The molecule has 0 spiro atoms. The van der Waals surface area contributed by atoms with Gasteiger partial charge >= 0.3 is 0 Å². The van der Waals surface area contributed by atoms with E-state index in [0.717, 1.165) is 49.4 Å². The summed E-state index contributed by atoms with van der Waals surface area (Å²) in [6.45, 7) is 3.82. The fraction of sp³-hybridized carbons (Fsp3) is 0.529. The van der Waals surface area contributed by atoms with Gasteiger partial charge < -0.3 is 14.6 Å². The Labute approximate surface area is 139 Å². The summed E-state index contributed by atoms with van der Waals surface area (Å²) >= 11 is 1.62. The van der Waals surface area contributed by atoms with E-state index in [4.69, 9.17) is 4.42 Å². The molecule has 2 atom stereocenters. The van der Waals surface area contributed by atoms with E-state index in [1.807, 2.05) is 23.8 Å². The Morgan fingerprint density at radius 3 is 3.13 bits per heavy atom. The summed E-state index contributed by atoms with van der Waals surface area (Å²) in [6, 6.07) is 2.73. The smallest absolute Gasteiger partial charge is 0.229 e. The van der Waals surface area contributed by atoms with Gasteiger partial charge in [-0.1, -0.05) is 0 Å². The summed E-state index contributed by atoms with van der Waals surface area (Å²) in [6.07, 6.45) is 3.64. The molecule has 0 saturated carbocycles. The van der Waals surface area contributed by atoms with Crippen molar-refractivity contribution in [3.8, 4) is 11.5 Å². The first-order valence-corrected chi connectivity index (χ1v) is 9.17. The van der Waals surface area contributed by atoms with Crippen molar-refractivity contribution in [2.24, 2.45) is 0 Å². The zero-order valence-corrected chi connectivity index (χ0v) is 14.1. The molecule has 2 fully saturated rings. The van der Waals surface area contributed by atoms with Gasteiger partial charge in [0.05, 0.1) is 12.1 Å². The molecule has 6 heteroatoms. The number of aromatic nitrogens is 1. The molecule has 23 heavy (non-hydrogen) atoms. The van der Waals surface area contributed by atoms with Gasteiger partial charge in [0.1, 0.15) is 5.76 Å². The fourth-order valence-electron chi connectivity index (χ4n) is 3.73. The average molecular weight is 331 g/mol. The van der Waals surface area contributed by atoms with E-state index >= 15 is 0 Å². The van der Waals surface area contributed by atoms with Crippen LogP contribution in [-0.4, -0.2) is 41.0 Å². The largest absolute Gasteiger partial charge is 0.441 e. The van der Waals surface area contributed by atoms with Crippen LogP contribution in [0.2, 0.25) is 0 Å². The Kier molecular flexibility index (Phi) is 3.95. The van der Waals surface area contributed by atoms with Gasteiger partial charge in [-0.05, 0) is 44.2 Å². The summed E-state index contributed by atoms with van der Waals surface area (Å²) < 4.78 is 5.75. The highest BCUT2D eigenvalue weighted by Crippen LogP contribution is 2.29. The van der Waals surface area contributed by atoms with Gasteiger partial charge in [0, 0.05) is 29.6 Å². The Morgan fingerprint density at radius 1 is 1.43 bits per heavy atom. The molecular weight excluding hydrogens is 310 g/mol. The van der Waals surface area contributed by atoms with Gasteiger partial charge in [0.15, 0.2) is 0 Å². The Bertz CT molecular complexity index is 681. The van der Waals surface area contributed by atoms with E-state index in [-0.39, 0.29) is 5.91 Å². The SMILES string of the molecule is Cc1oc(-c2ccsc2)nc1CC(=O)N1C2CCNCC1CC2. The fourth-order valence-corrected chi connectivity index (χ4v) is 4.36. The van der Waals surface area contributed by atoms with Crippen molar-refractivity contribution in [2.45, 2.75) is 44.7 Å². The molecule has 4 rings (SSSR count). The molecule has 1 N–H and O–H groups in total. The molecule has 2 aliphatic heterocycles. The topological polar surface area (TPSA) is 58.4 Å². The van der Waals surface area contributed by atoms with Crippen molar-refractivity contribution in [1.29, 1.82) is 0 Å². The number of carbonyl (C=O) groups is 1. The zero-order valence-electron chi connectivity index (χ0n) is 13.2. The molecule has 0 aromatic carbocycles. The van der Waals surface area contributed by atoms with E-state index in [1.165, 1.54) is 0 Å². The quantitative estimate of drug-likeness (QED) is 0.939. The molecule has 4 heterocycles. The minimum Gasteiger partial charge on any atom is -0.441 e. The number of amides is 1. The van der Waals surface area contributed by atoms with Crippen molar-refractivity contribution in [3.05, 3.63) is 28.3 Å². The maximum absolute atomic E-state index is 12.8. The lowest BCUT2D eigenvalue weighted by molar-refractivity contribution is -0.133. The number of fused-ring (bicyclic) bond motifs is 2. The van der Waals surface area contributed by atoms with Gasteiger partial charge in [-0.25, -0.2) is 4.98 Å². The minimum absolute atomic E-state index is 0.189. The van der Waals surface area contributed by atoms with Crippen LogP contribution in [0.25, 0.3) is 11.5 Å². The first kappa shape index (κ1) is 14.9. The Morgan fingerprint density at radius 2 is 2.30 bits per heavy atom. The van der Waals surface area contributed by atoms with Crippen LogP contribution in [0, 0.1) is 6.92 Å². The summed E-state index contributed by atoms with van der Waals surface area (Å²) in [7, 11) is 0. The molecule has 122 valence electrons. The molecule has 2 unspecified atom stereocenters. The van der Waals surface area contributed by atoms with Gasteiger partial charge in [-0.3, -0.25) is 4.79 Å². The second-order valence-corrected chi connectivity index (χ2v) is 7.17. The van der Waals surface area contributed by atoms with Crippen molar-refractivity contribution < 1.29 is 9.21 Å². The van der Waals surface area contributed by atoms with Crippen LogP contribution in [0.1, 0.15) is 30.7 Å². The van der Waals surface area contributed by atoms with Gasteiger partial charge in [-0.15, -0.1) is 0 Å². The number of hydrogen-bond acceptors (Lipinski definition) is 5. The number of hydrogen-bond donors (Lipinski definition) is 1. The maximum atomic E-state index is 12.8. The predicted octanol–water partition coefficient (Wildman–Crippen LogP) is 2.61. The first-order chi connectivity index (χ1) is 11.2. The molecule has 2 saturated heterocycles. The summed E-state index contributed by atoms with van der Waals surface area (Å²) in [5, 5.41) is 7.45. The summed E-state index contributed by atoms with van der Waals surface area (Å²) in [4.78, 5) is 19.5. The van der Waals surface area contributed by atoms with E-state index in [1.54, 1.807) is 11.3 Å². The van der Waals surface area contributed by atoms with Crippen molar-refractivity contribution in [2.75, 3.05) is 13.1 Å². The van der Waals surface area contributed by atoms with E-state index in [9.17, 15) is 4.79 Å². The zero-order chi connectivity index (χ0) is 15.8. The average Bonchev–Trinajstić information content (AvgIpc) is 3.19. The van der Waals surface area contributed by atoms with Crippen LogP contribution < -0.4 is 5.32 Å². The normalized spacial score (nSPS) is 24.0. The number of nitrogens with one attached hydrogen (secondary N) is 1. The summed E-state index contributed by atoms with van der Waals surface area (Å²) in [5.74, 6) is 1.56. The lowest BCUT2D eigenvalue weighted by Gasteiger charge is -2.27. The molecule has 0 radical (unpaired) electrons. The molecular formula is C17H21N3O2S. The lowest BCUT2D eigenvalue weighted by Crippen LogP contribution is -2.43. The molecule has 2 aromatic heterocycles. The van der Waals surface area contributed by atoms with E-state index < -0.39 is 0 Å². The van der Waals surface area contributed by atoms with Crippen LogP contribution in [0.15, 0.2) is 21.2 Å². The standard InChI is InChI=1S/C17H21N3O2S/c1-11-15(19-17(22-11)12-5-7-23-10-12)8-16(21)20-13-2-3-14(20)9-18-6-4-13/h5,7,10,13-14,18H,2-4,6,8-9H2,1H3. The van der Waals surface area contributed by atoms with E-state index in [0.29, 0.717) is 24.4 Å². The predicted molar refractivity (Wildman–Crippen MR) is 89.4 cm³/mol. The number of oxazole rings is 1. The number of carbonyl (C=O) groups excluding carboxylic acids is 1. The molecule has 5 nitrogen and oxygen atoms in total. The van der Waals surface area contributed by atoms with Crippen molar-refractivity contribution in [1.82, 2.24) is 15.2 Å². The maximum Gasteiger partial charge on any atom is 0.229 e. The van der Waals surface area contributed by atoms with Gasteiger partial charge in [0.2, 0.25) is 11.8 Å². The number of thiophene rings is 1. The second-order valence-electron chi connectivity index (χ2n) is 6.39. The number of nitrogens with zero attached hydrogens (tertiary/aromatic N) is 2. The third-order valence-electron chi connectivity index (χ3n) is 4.92. The van der Waals surface area contributed by atoms with E-state index in [2.05, 4.69) is 15.2 Å². The monoisotopic (exact) mass is 331 g/mol. The number of aryl methyl sites for hydroxylation is 1. The van der Waals surface area contributed by atoms with Gasteiger partial charge in [-0.2, -0.15) is 11.3 Å². The molecule has 0 aliphatic carbocycles. The molecule has 2 aromatic rings. The van der Waals surface area contributed by atoms with Crippen LogP contribution in [-0.2, 0) is 11.2 Å². The number of rotatable bonds is 3. The molecule has 1 amide bonds. The van der Waals surface area contributed by atoms with Crippen LogP contribution in [0.3, 0.4) is 0 Å². The highest BCUT2D eigenvalue weighted by Gasteiger charge is 2.38. The minimum atomic E-state index is 0.189. The highest BCUT2D eigenvalue weighted by molar-refractivity contribution is 7.08. The van der Waals surface area contributed by atoms with Crippen LogP contribution in [0.4, 0.5) is 0 Å². The van der Waals surface area contributed by atoms with Crippen LogP contribution in [0.5, 0.6) is 0 Å². The molecule has 2 aliphatic rings. The third kappa shape index (κ3) is 2.81. The summed E-state index contributed by atoms with van der Waals surface area (Å²) in [5.41, 5.74) is 1.75. The Balaban J connectivity index is 1.53. The highest BCUT2D eigenvalue weighted by atomic mass is 32.1. The molecule has 2 bridgehead atoms. The third-order valence-corrected chi connectivity index (χ3v) is 5.60. The Hall–Kier alpha value is -1.66. The van der Waals surface area contributed by atoms with Crippen molar-refractivity contribution in [3.63, 3.8) is 0 Å². The van der Waals surface area contributed by atoms with Crippen molar-refractivity contribution >= 4 is 17.2 Å². The van der Waals surface area contributed by atoms with Gasteiger partial charge in [0.25, 0.3) is 0 Å². The lowest BCUT2D eigenvalue weighted by atomic mass is 10.1.